The van der Waals surface area contributed by atoms with Gasteiger partial charge >= 0.3 is 0 Å². The fraction of sp³-hybridized carbons (Fsp3) is 0.900. The molecule has 0 atom stereocenters. The van der Waals surface area contributed by atoms with Crippen molar-refractivity contribution in [3.8, 4) is 6.07 Å². The van der Waals surface area contributed by atoms with Crippen molar-refractivity contribution in [3.05, 3.63) is 0 Å². The molecule has 0 aromatic carbocycles. The van der Waals surface area contributed by atoms with Crippen LogP contribution in [-0.4, -0.2) is 35.7 Å². The summed E-state index contributed by atoms with van der Waals surface area (Å²) in [5.74, 6) is 0. The number of hydrogen-bond acceptors (Lipinski definition) is 3. The minimum absolute atomic E-state index is 0.0942. The van der Waals surface area contributed by atoms with Crippen LogP contribution in [0.25, 0.3) is 0 Å². The molecule has 0 unspecified atom stereocenters. The van der Waals surface area contributed by atoms with Gasteiger partial charge in [-0.05, 0) is 27.7 Å². The van der Waals surface area contributed by atoms with Crippen LogP contribution in [0.1, 0.15) is 27.7 Å². The Morgan fingerprint density at radius 3 is 2.38 bits per heavy atom. The van der Waals surface area contributed by atoms with Crippen LogP contribution in [0.3, 0.4) is 0 Å². The molecule has 74 valence electrons. The van der Waals surface area contributed by atoms with E-state index >= 15 is 0 Å². The number of likely N-dealkylation sites (tertiary alicyclic amines) is 1. The third-order valence-electron chi connectivity index (χ3n) is 2.48. The minimum Gasteiger partial charge on any atom is -0.358 e. The van der Waals surface area contributed by atoms with Crippen LogP contribution in [0.5, 0.6) is 0 Å². The molecule has 1 rings (SSSR count). The number of nitrogens with zero attached hydrogens (tertiary/aromatic N) is 2. The Morgan fingerprint density at radius 1 is 1.46 bits per heavy atom. The molecule has 1 saturated heterocycles. The molecule has 1 fully saturated rings. The number of hydrogen-bond donors (Lipinski definition) is 0. The molecule has 0 radical (unpaired) electrons. The third kappa shape index (κ3) is 2.43. The van der Waals surface area contributed by atoms with Crippen molar-refractivity contribution < 1.29 is 4.74 Å². The molecule has 0 N–H and O–H groups in total. The minimum atomic E-state index is -0.0942. The van der Waals surface area contributed by atoms with Crippen LogP contribution in [-0.2, 0) is 4.74 Å². The number of rotatable bonds is 2. The lowest BCUT2D eigenvalue weighted by Gasteiger charge is -2.53. The molecule has 1 aliphatic rings. The van der Waals surface area contributed by atoms with Gasteiger partial charge in [0.2, 0.25) is 0 Å². The van der Waals surface area contributed by atoms with Crippen molar-refractivity contribution >= 4 is 0 Å². The van der Waals surface area contributed by atoms with Gasteiger partial charge in [0.25, 0.3) is 0 Å². The summed E-state index contributed by atoms with van der Waals surface area (Å²) in [6.07, 6.45) is 0. The lowest BCUT2D eigenvalue weighted by molar-refractivity contribution is -0.149. The summed E-state index contributed by atoms with van der Waals surface area (Å²) in [4.78, 5) is 2.35. The maximum atomic E-state index is 8.39. The van der Waals surface area contributed by atoms with Crippen LogP contribution in [0.15, 0.2) is 0 Å². The zero-order valence-corrected chi connectivity index (χ0v) is 8.92. The van der Waals surface area contributed by atoms with E-state index in [-0.39, 0.29) is 17.7 Å². The fourth-order valence-electron chi connectivity index (χ4n) is 1.53. The molecule has 0 amide bonds. The van der Waals surface area contributed by atoms with Gasteiger partial charge in [-0.3, -0.25) is 4.90 Å². The topological polar surface area (TPSA) is 36.3 Å². The number of nitriles is 1. The van der Waals surface area contributed by atoms with E-state index in [2.05, 4.69) is 32.6 Å². The van der Waals surface area contributed by atoms with Crippen molar-refractivity contribution in [1.82, 2.24) is 4.90 Å². The first kappa shape index (κ1) is 10.5. The van der Waals surface area contributed by atoms with E-state index in [4.69, 9.17) is 10.00 Å². The van der Waals surface area contributed by atoms with Crippen molar-refractivity contribution in [2.24, 2.45) is 0 Å². The van der Waals surface area contributed by atoms with Gasteiger partial charge < -0.3 is 4.74 Å². The third-order valence-corrected chi connectivity index (χ3v) is 2.48. The van der Waals surface area contributed by atoms with Crippen molar-refractivity contribution in [3.63, 3.8) is 0 Å². The molecule has 0 saturated carbocycles. The van der Waals surface area contributed by atoms with Crippen LogP contribution < -0.4 is 0 Å². The Labute approximate surface area is 80.3 Å². The predicted octanol–water partition coefficient (Wildman–Crippen LogP) is 1.40. The molecule has 0 aliphatic carbocycles. The van der Waals surface area contributed by atoms with Crippen molar-refractivity contribution in [2.45, 2.75) is 38.8 Å². The van der Waals surface area contributed by atoms with E-state index in [0.29, 0.717) is 0 Å². The van der Waals surface area contributed by atoms with Gasteiger partial charge in [-0.25, -0.2) is 0 Å². The van der Waals surface area contributed by atoms with Gasteiger partial charge in [-0.15, -0.1) is 0 Å². The van der Waals surface area contributed by atoms with E-state index in [1.54, 1.807) is 0 Å². The van der Waals surface area contributed by atoms with Gasteiger partial charge in [0.05, 0.1) is 11.7 Å². The normalized spacial score (nSPS) is 22.1. The average Bonchev–Trinajstić information content (AvgIpc) is 1.93. The molecule has 3 nitrogen and oxygen atoms in total. The second-order valence-corrected chi connectivity index (χ2v) is 4.92. The molecule has 0 aromatic rings. The zero-order valence-electron chi connectivity index (χ0n) is 8.92. The molecule has 13 heavy (non-hydrogen) atoms. The highest BCUT2D eigenvalue weighted by atomic mass is 16.5. The Balaban J connectivity index is 2.35. The van der Waals surface area contributed by atoms with Gasteiger partial charge in [-0.1, -0.05) is 0 Å². The summed E-state index contributed by atoms with van der Waals surface area (Å²) < 4.78 is 5.44. The Kier molecular flexibility index (Phi) is 2.65. The molecular weight excluding hydrogens is 164 g/mol. The largest absolute Gasteiger partial charge is 0.358 e. The van der Waals surface area contributed by atoms with Gasteiger partial charge in [0, 0.05) is 18.6 Å². The number of ether oxygens (including phenoxy) is 1. The van der Waals surface area contributed by atoms with E-state index in [1.165, 1.54) is 0 Å². The molecule has 0 aromatic heterocycles. The standard InChI is InChI=1S/C10H18N2O/c1-9(2,3)12-7-10(4,8-12)13-6-5-11/h6-8H2,1-4H3. The summed E-state index contributed by atoms with van der Waals surface area (Å²) in [7, 11) is 0. The summed E-state index contributed by atoms with van der Waals surface area (Å²) in [6.45, 7) is 10.7. The molecule has 0 spiro atoms. The quantitative estimate of drug-likeness (QED) is 0.647. The zero-order chi connectivity index (χ0) is 10.1. The van der Waals surface area contributed by atoms with E-state index in [1.807, 2.05) is 6.07 Å². The predicted molar refractivity (Wildman–Crippen MR) is 51.3 cm³/mol. The van der Waals surface area contributed by atoms with Crippen molar-refractivity contribution in [2.75, 3.05) is 19.7 Å². The van der Waals surface area contributed by atoms with Gasteiger partial charge in [0.1, 0.15) is 6.61 Å². The fourth-order valence-corrected chi connectivity index (χ4v) is 1.53. The summed E-state index contributed by atoms with van der Waals surface area (Å²) in [6, 6.07) is 2.00. The van der Waals surface area contributed by atoms with Crippen LogP contribution in [0, 0.1) is 11.3 Å². The smallest absolute Gasteiger partial charge is 0.134 e. The van der Waals surface area contributed by atoms with Crippen LogP contribution in [0.2, 0.25) is 0 Å². The Hall–Kier alpha value is -0.590. The van der Waals surface area contributed by atoms with Crippen LogP contribution in [0.4, 0.5) is 0 Å². The first-order valence-corrected chi connectivity index (χ1v) is 4.63. The summed E-state index contributed by atoms with van der Waals surface area (Å²) in [5, 5.41) is 8.39. The van der Waals surface area contributed by atoms with E-state index < -0.39 is 0 Å². The Bertz CT molecular complexity index is 218. The van der Waals surface area contributed by atoms with Crippen LogP contribution >= 0.6 is 0 Å². The SMILES string of the molecule is CC1(OCC#N)CN(C(C)(C)C)C1. The first-order chi connectivity index (χ1) is 5.87. The monoisotopic (exact) mass is 182 g/mol. The highest BCUT2D eigenvalue weighted by molar-refractivity contribution is 4.99. The molecule has 0 bridgehead atoms. The van der Waals surface area contributed by atoms with Gasteiger partial charge in [-0.2, -0.15) is 5.26 Å². The molecule has 1 heterocycles. The average molecular weight is 182 g/mol. The maximum Gasteiger partial charge on any atom is 0.134 e. The second kappa shape index (κ2) is 3.28. The van der Waals surface area contributed by atoms with E-state index in [0.717, 1.165) is 13.1 Å². The van der Waals surface area contributed by atoms with Gasteiger partial charge in [0.15, 0.2) is 0 Å². The Morgan fingerprint density at radius 2 is 2.00 bits per heavy atom. The molecule has 1 aliphatic heterocycles. The highest BCUT2D eigenvalue weighted by Crippen LogP contribution is 2.30. The lowest BCUT2D eigenvalue weighted by atomic mass is 9.90. The van der Waals surface area contributed by atoms with E-state index in [9.17, 15) is 0 Å². The summed E-state index contributed by atoms with van der Waals surface area (Å²) in [5.41, 5.74) is 0.124. The summed E-state index contributed by atoms with van der Waals surface area (Å²) >= 11 is 0. The van der Waals surface area contributed by atoms with Crippen molar-refractivity contribution in [1.29, 1.82) is 5.26 Å². The molecular formula is C10H18N2O. The molecule has 3 heteroatoms. The highest BCUT2D eigenvalue weighted by Gasteiger charge is 2.44. The lowest BCUT2D eigenvalue weighted by Crippen LogP contribution is -2.66. The maximum absolute atomic E-state index is 8.39. The first-order valence-electron chi connectivity index (χ1n) is 4.63. The second-order valence-electron chi connectivity index (χ2n) is 4.92.